The molecule has 0 aromatic rings. The number of carbonyl (C=O) groups excluding carboxylic acids is 1. The van der Waals surface area contributed by atoms with Gasteiger partial charge in [0, 0.05) is 24.4 Å². The van der Waals surface area contributed by atoms with E-state index in [9.17, 15) is 9.90 Å². The molecule has 0 saturated carbocycles. The van der Waals surface area contributed by atoms with Gasteiger partial charge in [0.15, 0.2) is 5.78 Å². The van der Waals surface area contributed by atoms with Gasteiger partial charge >= 0.3 is 8.80 Å². The minimum atomic E-state index is -2.95. The van der Waals surface area contributed by atoms with E-state index in [4.69, 9.17) is 13.3 Å². The fourth-order valence-corrected chi connectivity index (χ4v) is 5.37. The van der Waals surface area contributed by atoms with Gasteiger partial charge in [0.2, 0.25) is 0 Å². The molecule has 0 heterocycles. The van der Waals surface area contributed by atoms with E-state index in [0.29, 0.717) is 6.04 Å². The zero-order valence-corrected chi connectivity index (χ0v) is 16.0. The van der Waals surface area contributed by atoms with Crippen molar-refractivity contribution < 1.29 is 23.2 Å². The Balaban J connectivity index is 5.05. The lowest BCUT2D eigenvalue weighted by Crippen LogP contribution is -2.51. The molecule has 0 fully saturated rings. The monoisotopic (exact) mass is 332 g/mol. The fourth-order valence-electron chi connectivity index (χ4n) is 2.07. The molecule has 0 aliphatic rings. The Kier molecular flexibility index (Phi) is 10.0. The molecule has 0 spiro atoms. The Morgan fingerprint density at radius 2 is 1.41 bits per heavy atom. The third kappa shape index (κ3) is 8.80. The van der Waals surface area contributed by atoms with Crippen molar-refractivity contribution in [1.82, 2.24) is 0 Å². The molecule has 22 heavy (non-hydrogen) atoms. The summed E-state index contributed by atoms with van der Waals surface area (Å²) in [5.74, 6) is -0.302. The number of allylic oxidation sites excluding steroid dienone is 1. The second-order valence-corrected chi connectivity index (χ2v) is 8.71. The Hall–Kier alpha value is -0.533. The average Bonchev–Trinajstić information content (AvgIpc) is 2.33. The highest BCUT2D eigenvalue weighted by Gasteiger charge is 2.44. The quantitative estimate of drug-likeness (QED) is 0.465. The summed E-state index contributed by atoms with van der Waals surface area (Å²) in [5.41, 5.74) is 0. The third-order valence-corrected chi connectivity index (χ3v) is 6.02. The van der Waals surface area contributed by atoms with Crippen LogP contribution in [0.25, 0.3) is 0 Å². The van der Waals surface area contributed by atoms with Gasteiger partial charge in [-0.3, -0.25) is 4.79 Å². The Morgan fingerprint density at radius 1 is 1.00 bits per heavy atom. The number of hydrogen-bond acceptors (Lipinski definition) is 5. The van der Waals surface area contributed by atoms with Crippen LogP contribution in [0, 0.1) is 0 Å². The highest BCUT2D eigenvalue weighted by molar-refractivity contribution is 6.60. The Bertz CT molecular complexity index is 326. The Morgan fingerprint density at radius 3 is 1.73 bits per heavy atom. The number of aliphatic hydroxyl groups excluding tert-OH is 1. The lowest BCUT2D eigenvalue weighted by atomic mass is 10.2. The van der Waals surface area contributed by atoms with Crippen LogP contribution in [-0.2, 0) is 18.1 Å². The van der Waals surface area contributed by atoms with Gasteiger partial charge in [0.05, 0.1) is 0 Å². The van der Waals surface area contributed by atoms with Gasteiger partial charge in [0.25, 0.3) is 0 Å². The summed E-state index contributed by atoms with van der Waals surface area (Å²) < 4.78 is 18.0. The molecule has 130 valence electrons. The first kappa shape index (κ1) is 21.5. The van der Waals surface area contributed by atoms with Crippen LogP contribution in [0.2, 0.25) is 6.04 Å². The van der Waals surface area contributed by atoms with Crippen molar-refractivity contribution in [1.29, 1.82) is 0 Å². The van der Waals surface area contributed by atoms with Gasteiger partial charge in [-0.1, -0.05) is 6.08 Å². The van der Waals surface area contributed by atoms with Crippen LogP contribution in [0.3, 0.4) is 0 Å². The molecule has 0 amide bonds. The highest BCUT2D eigenvalue weighted by atomic mass is 28.4. The van der Waals surface area contributed by atoms with Crippen molar-refractivity contribution in [2.45, 2.75) is 85.3 Å². The van der Waals surface area contributed by atoms with Crippen LogP contribution >= 0.6 is 0 Å². The molecule has 0 rings (SSSR count). The topological polar surface area (TPSA) is 65.0 Å². The molecular formula is C16H32O5Si. The van der Waals surface area contributed by atoms with Crippen molar-refractivity contribution >= 4 is 14.6 Å². The van der Waals surface area contributed by atoms with E-state index >= 15 is 0 Å². The SMILES string of the molecule is CC=CC(=O)C(O)CC[Si](OC(C)C)(OC(C)C)OC(C)C. The van der Waals surface area contributed by atoms with Crippen molar-refractivity contribution in [3.05, 3.63) is 12.2 Å². The van der Waals surface area contributed by atoms with E-state index in [2.05, 4.69) is 0 Å². The molecule has 1 unspecified atom stereocenters. The van der Waals surface area contributed by atoms with E-state index in [-0.39, 0.29) is 30.5 Å². The summed E-state index contributed by atoms with van der Waals surface area (Å²) in [6.45, 7) is 13.3. The zero-order valence-electron chi connectivity index (χ0n) is 15.0. The van der Waals surface area contributed by atoms with Gasteiger partial charge in [0.1, 0.15) is 6.10 Å². The molecule has 0 saturated heterocycles. The van der Waals surface area contributed by atoms with Gasteiger partial charge < -0.3 is 18.4 Å². The minimum Gasteiger partial charge on any atom is -0.385 e. The molecule has 0 bridgehead atoms. The number of aliphatic hydroxyl groups is 1. The number of ketones is 1. The summed E-state index contributed by atoms with van der Waals surface area (Å²) in [6.07, 6.45) is 2.07. The number of hydrogen-bond donors (Lipinski definition) is 1. The summed E-state index contributed by atoms with van der Waals surface area (Å²) in [4.78, 5) is 11.7. The summed E-state index contributed by atoms with van der Waals surface area (Å²) in [5, 5.41) is 9.97. The molecule has 0 aromatic carbocycles. The maximum atomic E-state index is 11.7. The molecule has 0 aliphatic heterocycles. The maximum Gasteiger partial charge on any atom is 0.501 e. The standard InChI is InChI=1S/C16H32O5Si/c1-8-9-15(17)16(18)10-11-22(19-12(2)3,20-13(4)5)21-14(6)7/h8-9,12-14,16,18H,10-11H2,1-7H3. The van der Waals surface area contributed by atoms with Gasteiger partial charge in [-0.15, -0.1) is 0 Å². The van der Waals surface area contributed by atoms with E-state index in [1.54, 1.807) is 13.0 Å². The first-order valence-corrected chi connectivity index (χ1v) is 9.93. The first-order chi connectivity index (χ1) is 10.1. The molecule has 6 heteroatoms. The van der Waals surface area contributed by atoms with Crippen molar-refractivity contribution in [3.8, 4) is 0 Å². The van der Waals surface area contributed by atoms with Crippen LogP contribution in [0.5, 0.6) is 0 Å². The molecule has 5 nitrogen and oxygen atoms in total. The van der Waals surface area contributed by atoms with E-state index in [1.807, 2.05) is 41.5 Å². The smallest absolute Gasteiger partial charge is 0.385 e. The second kappa shape index (κ2) is 10.3. The molecule has 1 atom stereocenters. The lowest BCUT2D eigenvalue weighted by Gasteiger charge is -2.34. The summed E-state index contributed by atoms with van der Waals surface area (Å²) >= 11 is 0. The molecule has 1 N–H and O–H groups in total. The van der Waals surface area contributed by atoms with Gasteiger partial charge in [-0.2, -0.15) is 0 Å². The molecule has 0 aliphatic carbocycles. The van der Waals surface area contributed by atoms with E-state index < -0.39 is 14.9 Å². The number of carbonyl (C=O) groups is 1. The summed E-state index contributed by atoms with van der Waals surface area (Å²) in [6, 6.07) is 0.409. The van der Waals surface area contributed by atoms with Crippen LogP contribution in [0.4, 0.5) is 0 Å². The van der Waals surface area contributed by atoms with Crippen LogP contribution in [0.1, 0.15) is 54.9 Å². The third-order valence-electron chi connectivity index (χ3n) is 2.63. The van der Waals surface area contributed by atoms with Crippen LogP contribution in [-0.4, -0.2) is 44.1 Å². The number of rotatable bonds is 11. The van der Waals surface area contributed by atoms with E-state index in [0.717, 1.165) is 0 Å². The normalized spacial score (nSPS) is 14.5. The van der Waals surface area contributed by atoms with Gasteiger partial charge in [-0.05, 0) is 61.0 Å². The molecule has 0 radical (unpaired) electrons. The van der Waals surface area contributed by atoms with E-state index in [1.165, 1.54) is 6.08 Å². The molecule has 0 aromatic heterocycles. The van der Waals surface area contributed by atoms with Gasteiger partial charge in [-0.25, -0.2) is 0 Å². The average molecular weight is 333 g/mol. The largest absolute Gasteiger partial charge is 0.501 e. The van der Waals surface area contributed by atoms with Crippen LogP contribution in [0.15, 0.2) is 12.2 Å². The zero-order chi connectivity index (χ0) is 17.3. The first-order valence-electron chi connectivity index (χ1n) is 8.00. The second-order valence-electron chi connectivity index (χ2n) is 6.14. The predicted molar refractivity (Wildman–Crippen MR) is 89.7 cm³/mol. The van der Waals surface area contributed by atoms with Crippen molar-refractivity contribution in [2.24, 2.45) is 0 Å². The van der Waals surface area contributed by atoms with Crippen molar-refractivity contribution in [3.63, 3.8) is 0 Å². The summed E-state index contributed by atoms with van der Waals surface area (Å²) in [7, 11) is -2.95. The molecular weight excluding hydrogens is 300 g/mol. The predicted octanol–water partition coefficient (Wildman–Crippen LogP) is 3.10. The lowest BCUT2D eigenvalue weighted by molar-refractivity contribution is -0.122. The Labute approximate surface area is 136 Å². The highest BCUT2D eigenvalue weighted by Crippen LogP contribution is 2.24. The van der Waals surface area contributed by atoms with Crippen molar-refractivity contribution in [2.75, 3.05) is 0 Å². The minimum absolute atomic E-state index is 0.0486. The van der Waals surface area contributed by atoms with Crippen LogP contribution < -0.4 is 0 Å². The maximum absolute atomic E-state index is 11.7. The fraction of sp³-hybridized carbons (Fsp3) is 0.812.